The van der Waals surface area contributed by atoms with E-state index >= 15 is 0 Å². The topological polar surface area (TPSA) is 55.1 Å². The summed E-state index contributed by atoms with van der Waals surface area (Å²) >= 11 is 0. The zero-order chi connectivity index (χ0) is 11.3. The molecule has 1 aliphatic carbocycles. The van der Waals surface area contributed by atoms with Crippen molar-refractivity contribution in [1.82, 2.24) is 9.78 Å². The maximum Gasteiger partial charge on any atom is 0.433 e. The summed E-state index contributed by atoms with van der Waals surface area (Å²) in [6, 6.07) is 0.781. The number of aliphatic carboxylic acids is 1. The van der Waals surface area contributed by atoms with E-state index in [0.29, 0.717) is 4.68 Å². The molecule has 0 unspecified atom stereocenters. The zero-order valence-electron chi connectivity index (χ0n) is 7.45. The fourth-order valence-electron chi connectivity index (χ4n) is 1.49. The Hall–Kier alpha value is -1.53. The van der Waals surface area contributed by atoms with Crippen molar-refractivity contribution in [3.63, 3.8) is 0 Å². The van der Waals surface area contributed by atoms with E-state index in [9.17, 15) is 18.0 Å². The number of nitrogens with zero attached hydrogens (tertiary/aromatic N) is 2. The van der Waals surface area contributed by atoms with Crippen molar-refractivity contribution in [3.8, 4) is 0 Å². The third-order valence-electron chi connectivity index (χ3n) is 2.46. The normalized spacial score (nSPS) is 18.9. The third kappa shape index (κ3) is 1.38. The van der Waals surface area contributed by atoms with Crippen LogP contribution in [0.3, 0.4) is 0 Å². The molecule has 0 radical (unpaired) electrons. The number of halogens is 3. The summed E-state index contributed by atoms with van der Waals surface area (Å²) in [5.41, 5.74) is -2.49. The highest BCUT2D eigenvalue weighted by molar-refractivity contribution is 5.80. The predicted octanol–water partition coefficient (Wildman–Crippen LogP) is 1.48. The van der Waals surface area contributed by atoms with Gasteiger partial charge in [0.25, 0.3) is 0 Å². The number of rotatable bonds is 2. The van der Waals surface area contributed by atoms with Gasteiger partial charge in [-0.1, -0.05) is 0 Å². The van der Waals surface area contributed by atoms with Crippen molar-refractivity contribution in [2.24, 2.45) is 0 Å². The number of hydrogen-bond acceptors (Lipinski definition) is 2. The maximum atomic E-state index is 12.4. The van der Waals surface area contributed by atoms with E-state index in [1.54, 1.807) is 0 Å². The molecular formula is C8H7F3N2O2. The number of hydrogen-bond donors (Lipinski definition) is 1. The van der Waals surface area contributed by atoms with E-state index in [1.165, 1.54) is 0 Å². The van der Waals surface area contributed by atoms with Crippen LogP contribution in [-0.2, 0) is 16.5 Å². The van der Waals surface area contributed by atoms with Gasteiger partial charge in [0, 0.05) is 6.20 Å². The van der Waals surface area contributed by atoms with Gasteiger partial charge >= 0.3 is 12.1 Å². The first-order valence-electron chi connectivity index (χ1n) is 4.23. The van der Waals surface area contributed by atoms with Crippen LogP contribution in [0.15, 0.2) is 12.3 Å². The second-order valence-corrected chi connectivity index (χ2v) is 3.46. The molecule has 0 bridgehead atoms. The monoisotopic (exact) mass is 220 g/mol. The van der Waals surface area contributed by atoms with Crippen LogP contribution in [0.4, 0.5) is 13.2 Å². The standard InChI is InChI=1S/C8H7F3N2O2/c9-8(10,11)5-1-4-12-13(5)7(2-3-7)6(14)15/h1,4H,2-3H2,(H,14,15). The molecule has 0 aliphatic heterocycles. The van der Waals surface area contributed by atoms with Crippen LogP contribution in [0, 0.1) is 0 Å². The van der Waals surface area contributed by atoms with Crippen molar-refractivity contribution >= 4 is 5.97 Å². The van der Waals surface area contributed by atoms with Crippen molar-refractivity contribution < 1.29 is 23.1 Å². The Kier molecular flexibility index (Phi) is 1.83. The number of aromatic nitrogens is 2. The van der Waals surface area contributed by atoms with Crippen molar-refractivity contribution in [3.05, 3.63) is 18.0 Å². The van der Waals surface area contributed by atoms with Gasteiger partial charge in [0.05, 0.1) is 0 Å². The highest BCUT2D eigenvalue weighted by atomic mass is 19.4. The molecule has 0 atom stereocenters. The molecule has 0 aromatic carbocycles. The first-order chi connectivity index (χ1) is 6.88. The van der Waals surface area contributed by atoms with Gasteiger partial charge in [-0.3, -0.25) is 0 Å². The molecule has 82 valence electrons. The Bertz CT molecular complexity index is 406. The zero-order valence-corrected chi connectivity index (χ0v) is 7.45. The molecule has 0 amide bonds. The second-order valence-electron chi connectivity index (χ2n) is 3.46. The number of carboxylic acids is 1. The molecule has 7 heteroatoms. The average Bonchev–Trinajstić information content (AvgIpc) is 2.75. The van der Waals surface area contributed by atoms with Gasteiger partial charge in [0.1, 0.15) is 5.69 Å². The third-order valence-corrected chi connectivity index (χ3v) is 2.46. The minimum Gasteiger partial charge on any atom is -0.479 e. The summed E-state index contributed by atoms with van der Waals surface area (Å²) in [6.45, 7) is 0. The first kappa shape index (κ1) is 10.0. The fraction of sp³-hybridized carbons (Fsp3) is 0.500. The number of carbonyl (C=O) groups is 1. The Morgan fingerprint density at radius 1 is 1.53 bits per heavy atom. The number of carboxylic acid groups (broad SMARTS) is 1. The quantitative estimate of drug-likeness (QED) is 0.821. The SMILES string of the molecule is O=C(O)C1(n2nccc2C(F)(F)F)CC1. The van der Waals surface area contributed by atoms with Gasteiger partial charge in [-0.05, 0) is 18.9 Å². The molecule has 1 aromatic rings. The lowest BCUT2D eigenvalue weighted by atomic mass is 10.2. The number of alkyl halides is 3. The van der Waals surface area contributed by atoms with Crippen molar-refractivity contribution in [2.45, 2.75) is 24.6 Å². The minimum atomic E-state index is -4.57. The Morgan fingerprint density at radius 2 is 2.13 bits per heavy atom. The summed E-state index contributed by atoms with van der Waals surface area (Å²) in [4.78, 5) is 10.8. The van der Waals surface area contributed by atoms with Crippen LogP contribution >= 0.6 is 0 Å². The van der Waals surface area contributed by atoms with Crippen molar-refractivity contribution in [2.75, 3.05) is 0 Å². The Morgan fingerprint density at radius 3 is 2.53 bits per heavy atom. The lowest BCUT2D eigenvalue weighted by Crippen LogP contribution is -2.32. The van der Waals surface area contributed by atoms with E-state index in [-0.39, 0.29) is 12.8 Å². The molecule has 2 rings (SSSR count). The van der Waals surface area contributed by atoms with E-state index in [0.717, 1.165) is 12.3 Å². The summed E-state index contributed by atoms with van der Waals surface area (Å²) in [6.07, 6.45) is -3.23. The van der Waals surface area contributed by atoms with Gasteiger partial charge in [0.15, 0.2) is 5.54 Å². The van der Waals surface area contributed by atoms with E-state index < -0.39 is 23.4 Å². The second kappa shape index (κ2) is 2.74. The highest BCUT2D eigenvalue weighted by Gasteiger charge is 2.56. The summed E-state index contributed by atoms with van der Waals surface area (Å²) in [7, 11) is 0. The van der Waals surface area contributed by atoms with Crippen LogP contribution in [0.25, 0.3) is 0 Å². The van der Waals surface area contributed by atoms with E-state index in [1.807, 2.05) is 0 Å². The van der Waals surface area contributed by atoms with Crippen LogP contribution in [0.1, 0.15) is 18.5 Å². The lowest BCUT2D eigenvalue weighted by Gasteiger charge is -2.15. The maximum absolute atomic E-state index is 12.4. The van der Waals surface area contributed by atoms with E-state index in [4.69, 9.17) is 5.11 Å². The van der Waals surface area contributed by atoms with Crippen LogP contribution < -0.4 is 0 Å². The summed E-state index contributed by atoms with van der Waals surface area (Å²) in [5.74, 6) is -1.27. The summed E-state index contributed by atoms with van der Waals surface area (Å²) < 4.78 is 37.9. The van der Waals surface area contributed by atoms with Gasteiger partial charge < -0.3 is 5.11 Å². The molecule has 0 spiro atoms. The first-order valence-corrected chi connectivity index (χ1v) is 4.23. The molecule has 1 N–H and O–H groups in total. The van der Waals surface area contributed by atoms with Gasteiger partial charge in [0.2, 0.25) is 0 Å². The van der Waals surface area contributed by atoms with Gasteiger partial charge in [-0.15, -0.1) is 0 Å². The lowest BCUT2D eigenvalue weighted by molar-refractivity contribution is -0.151. The van der Waals surface area contributed by atoms with Crippen LogP contribution in [-0.4, -0.2) is 20.9 Å². The minimum absolute atomic E-state index is 0.188. The van der Waals surface area contributed by atoms with Crippen molar-refractivity contribution in [1.29, 1.82) is 0 Å². The van der Waals surface area contributed by atoms with Crippen LogP contribution in [0.5, 0.6) is 0 Å². The van der Waals surface area contributed by atoms with Gasteiger partial charge in [-0.25, -0.2) is 9.48 Å². The molecule has 0 saturated heterocycles. The molecule has 1 fully saturated rings. The Balaban J connectivity index is 2.47. The summed E-state index contributed by atoms with van der Waals surface area (Å²) in [5, 5.41) is 12.3. The average molecular weight is 220 g/mol. The molecule has 1 saturated carbocycles. The Labute approximate surface area is 82.3 Å². The molecule has 4 nitrogen and oxygen atoms in total. The van der Waals surface area contributed by atoms with Crippen LogP contribution in [0.2, 0.25) is 0 Å². The smallest absolute Gasteiger partial charge is 0.433 e. The molecule has 1 aliphatic rings. The molecular weight excluding hydrogens is 213 g/mol. The molecule has 1 heterocycles. The van der Waals surface area contributed by atoms with E-state index in [2.05, 4.69) is 5.10 Å². The van der Waals surface area contributed by atoms with Gasteiger partial charge in [-0.2, -0.15) is 18.3 Å². The predicted molar refractivity (Wildman–Crippen MR) is 42.1 cm³/mol. The fourth-order valence-corrected chi connectivity index (χ4v) is 1.49. The largest absolute Gasteiger partial charge is 0.479 e. The highest BCUT2D eigenvalue weighted by Crippen LogP contribution is 2.46. The molecule has 1 aromatic heterocycles. The molecule has 15 heavy (non-hydrogen) atoms.